The molecule has 0 aromatic carbocycles. The first-order valence-electron chi connectivity index (χ1n) is 15.2. The summed E-state index contributed by atoms with van der Waals surface area (Å²) in [6.07, 6.45) is 1.83. The number of imidazole rings is 1. The number of nitrogens with zero attached hydrogens (tertiary/aromatic N) is 5. The van der Waals surface area contributed by atoms with Crippen LogP contribution in [-0.2, 0) is 20.9 Å². The number of nitrogens with one attached hydrogen (secondary N) is 2. The third kappa shape index (κ3) is 5.77. The average Bonchev–Trinajstić information content (AvgIpc) is 3.93. The fourth-order valence-corrected chi connectivity index (χ4v) is 6.94. The molecule has 2 amide bonds. The van der Waals surface area contributed by atoms with Gasteiger partial charge in [0, 0.05) is 26.4 Å². The average molecular weight is 632 g/mol. The van der Waals surface area contributed by atoms with E-state index in [0.29, 0.717) is 35.4 Å². The maximum Gasteiger partial charge on any atom is 0.393 e. The highest BCUT2D eigenvalue weighted by Crippen LogP contribution is 2.54. The van der Waals surface area contributed by atoms with Gasteiger partial charge in [0.25, 0.3) is 5.91 Å². The van der Waals surface area contributed by atoms with Gasteiger partial charge in [-0.15, -0.1) is 0 Å². The molecule has 4 atom stereocenters. The van der Waals surface area contributed by atoms with Gasteiger partial charge in [-0.1, -0.05) is 0 Å². The van der Waals surface area contributed by atoms with Crippen LogP contribution in [0, 0.1) is 29.1 Å². The number of halogens is 3. The van der Waals surface area contributed by atoms with E-state index in [4.69, 9.17) is 9.72 Å². The Morgan fingerprint density at radius 2 is 1.89 bits per heavy atom. The van der Waals surface area contributed by atoms with E-state index in [0.717, 1.165) is 25.7 Å². The summed E-state index contributed by atoms with van der Waals surface area (Å²) in [5, 5.41) is 24.5. The number of fused-ring (bicyclic) bond motifs is 1. The fraction of sp³-hybridized carbons (Fsp3) is 0.600. The van der Waals surface area contributed by atoms with Crippen LogP contribution in [0.5, 0.6) is 0 Å². The van der Waals surface area contributed by atoms with Gasteiger partial charge in [0.05, 0.1) is 42.1 Å². The lowest BCUT2D eigenvalue weighted by Gasteiger charge is -2.41. The van der Waals surface area contributed by atoms with Crippen molar-refractivity contribution in [1.29, 1.82) is 0 Å². The van der Waals surface area contributed by atoms with Crippen LogP contribution in [0.4, 0.5) is 13.2 Å². The predicted octanol–water partition coefficient (Wildman–Crippen LogP) is 3.35. The van der Waals surface area contributed by atoms with Gasteiger partial charge in [-0.3, -0.25) is 19.1 Å². The van der Waals surface area contributed by atoms with Gasteiger partial charge in [-0.25, -0.2) is 9.50 Å². The molecule has 3 fully saturated rings. The molecule has 4 heterocycles. The first-order chi connectivity index (χ1) is 21.5. The minimum absolute atomic E-state index is 0.0713. The van der Waals surface area contributed by atoms with E-state index in [1.54, 1.807) is 29.2 Å². The molecule has 3 aromatic heterocycles. The first-order valence-corrected chi connectivity index (χ1v) is 15.2. The second-order valence-electron chi connectivity index (χ2n) is 12.4. The number of aliphatic carboxylic acids is 1. The molecular formula is C30H36F3N7O5. The molecule has 12 nitrogen and oxygen atoms in total. The molecule has 0 bridgehead atoms. The van der Waals surface area contributed by atoms with Crippen LogP contribution in [0.25, 0.3) is 5.65 Å². The molecule has 45 heavy (non-hydrogen) atoms. The van der Waals surface area contributed by atoms with Crippen molar-refractivity contribution in [3.8, 4) is 0 Å². The Labute approximate surface area is 256 Å². The molecule has 15 heteroatoms. The number of hydrogen-bond donors (Lipinski definition) is 3. The minimum Gasteiger partial charge on any atom is -0.480 e. The largest absolute Gasteiger partial charge is 0.480 e. The molecule has 3 aliphatic rings. The highest BCUT2D eigenvalue weighted by Gasteiger charge is 2.60. The standard InChI is InChI=1S/C30H36F3N7O5/c1-3-39-22(10-11-35-39)26(41)37-25(24(16-4-5-16)17-6-7-17)21-14-40-23(36-21)9-8-20(38-40)19(15-45-2)29(28(43)44)12-18(30(31,32)33)13-34-27(29)42/h8-11,14,16-19,24-25H,3-7,12-13,15H2,1-2H3,(H,34,42)(H,37,41)(H,43,44)/t18-,19?,25?,29?/m1/s1. The summed E-state index contributed by atoms with van der Waals surface area (Å²) in [6.45, 7) is 1.36. The van der Waals surface area contributed by atoms with Gasteiger partial charge >= 0.3 is 12.1 Å². The number of aromatic nitrogens is 5. The Kier molecular flexibility index (Phi) is 8.08. The number of hydrogen-bond acceptors (Lipinski definition) is 7. The Balaban J connectivity index is 1.38. The van der Waals surface area contributed by atoms with E-state index in [1.165, 1.54) is 17.7 Å². The van der Waals surface area contributed by atoms with Crippen LogP contribution in [-0.4, -0.2) is 73.7 Å². The Morgan fingerprint density at radius 3 is 2.49 bits per heavy atom. The zero-order valence-electron chi connectivity index (χ0n) is 25.0. The lowest BCUT2D eigenvalue weighted by Crippen LogP contribution is -2.59. The smallest absolute Gasteiger partial charge is 0.393 e. The van der Waals surface area contributed by atoms with Gasteiger partial charge in [0.2, 0.25) is 5.91 Å². The Bertz CT molecular complexity index is 1590. The maximum absolute atomic E-state index is 13.8. The van der Waals surface area contributed by atoms with Crippen molar-refractivity contribution in [1.82, 2.24) is 35.0 Å². The number of alkyl halides is 3. The van der Waals surface area contributed by atoms with E-state index < -0.39 is 54.3 Å². The second-order valence-corrected chi connectivity index (χ2v) is 12.4. The molecule has 1 aliphatic heterocycles. The van der Waals surface area contributed by atoms with Crippen molar-refractivity contribution in [2.75, 3.05) is 20.3 Å². The van der Waals surface area contributed by atoms with Crippen LogP contribution in [0.1, 0.15) is 72.9 Å². The first kappa shape index (κ1) is 31.0. The van der Waals surface area contributed by atoms with Crippen molar-refractivity contribution in [2.24, 2.45) is 29.1 Å². The van der Waals surface area contributed by atoms with E-state index in [-0.39, 0.29) is 24.1 Å². The van der Waals surface area contributed by atoms with Crippen molar-refractivity contribution in [2.45, 2.75) is 63.7 Å². The molecule has 242 valence electrons. The molecule has 6 rings (SSSR count). The highest BCUT2D eigenvalue weighted by atomic mass is 19.4. The zero-order chi connectivity index (χ0) is 32.1. The lowest BCUT2D eigenvalue weighted by atomic mass is 9.65. The summed E-state index contributed by atoms with van der Waals surface area (Å²) in [4.78, 5) is 44.1. The summed E-state index contributed by atoms with van der Waals surface area (Å²) in [5.74, 6) is -5.31. The van der Waals surface area contributed by atoms with Crippen molar-refractivity contribution >= 4 is 23.4 Å². The zero-order valence-corrected chi connectivity index (χ0v) is 25.0. The molecule has 0 spiro atoms. The fourth-order valence-electron chi connectivity index (χ4n) is 6.94. The van der Waals surface area contributed by atoms with Gasteiger partial charge in [0.1, 0.15) is 5.69 Å². The molecule has 3 aromatic rings. The highest BCUT2D eigenvalue weighted by molar-refractivity contribution is 6.03. The monoisotopic (exact) mass is 631 g/mol. The van der Waals surface area contributed by atoms with Crippen LogP contribution in [0.15, 0.2) is 30.6 Å². The Morgan fingerprint density at radius 1 is 1.18 bits per heavy atom. The normalized spacial score (nSPS) is 23.6. The van der Waals surface area contributed by atoms with Crippen molar-refractivity contribution in [3.05, 3.63) is 47.7 Å². The van der Waals surface area contributed by atoms with E-state index in [2.05, 4.69) is 20.8 Å². The van der Waals surface area contributed by atoms with Gasteiger partial charge in [0.15, 0.2) is 11.1 Å². The predicted molar refractivity (Wildman–Crippen MR) is 152 cm³/mol. The summed E-state index contributed by atoms with van der Waals surface area (Å²) >= 11 is 0. The number of piperidine rings is 1. The number of amides is 2. The van der Waals surface area contributed by atoms with E-state index >= 15 is 0 Å². The third-order valence-electron chi connectivity index (χ3n) is 9.54. The van der Waals surface area contributed by atoms with E-state index in [9.17, 15) is 32.7 Å². The number of ether oxygens (including phenoxy) is 1. The topological polar surface area (TPSA) is 153 Å². The number of carbonyl (C=O) groups excluding carboxylic acids is 2. The molecule has 2 aliphatic carbocycles. The molecule has 2 saturated carbocycles. The lowest BCUT2D eigenvalue weighted by molar-refractivity contribution is -0.197. The van der Waals surface area contributed by atoms with Gasteiger partial charge in [-0.05, 0) is 75.0 Å². The van der Waals surface area contributed by atoms with Crippen LogP contribution in [0.2, 0.25) is 0 Å². The summed E-state index contributed by atoms with van der Waals surface area (Å²) < 4.78 is 49.7. The van der Waals surface area contributed by atoms with E-state index in [1.807, 2.05) is 6.92 Å². The van der Waals surface area contributed by atoms with Crippen molar-refractivity contribution in [3.63, 3.8) is 0 Å². The number of aryl methyl sites for hydroxylation is 1. The molecule has 3 N–H and O–H groups in total. The molecule has 3 unspecified atom stereocenters. The Hall–Kier alpha value is -4.01. The van der Waals surface area contributed by atoms with Gasteiger partial charge < -0.3 is 20.5 Å². The summed E-state index contributed by atoms with van der Waals surface area (Å²) in [6, 6.07) is 4.28. The second kappa shape index (κ2) is 11.7. The number of rotatable bonds is 12. The number of carbonyl (C=O) groups is 3. The van der Waals surface area contributed by atoms with Crippen molar-refractivity contribution < 1.29 is 37.4 Å². The number of methoxy groups -OCH3 is 1. The number of carboxylic acid groups (broad SMARTS) is 1. The summed E-state index contributed by atoms with van der Waals surface area (Å²) in [7, 11) is 1.28. The third-order valence-corrected chi connectivity index (χ3v) is 9.54. The molecular weight excluding hydrogens is 595 g/mol. The SMILES string of the molecule is CCn1nccc1C(=O)NC(c1cn2nc(C(COC)C3(C(=O)O)C[C@@H](C(F)(F)F)CNC3=O)ccc2n1)C(C1CC1)C1CC1. The van der Waals surface area contributed by atoms with Crippen LogP contribution < -0.4 is 10.6 Å². The van der Waals surface area contributed by atoms with Gasteiger partial charge in [-0.2, -0.15) is 23.4 Å². The van der Waals surface area contributed by atoms with Crippen LogP contribution >= 0.6 is 0 Å². The quantitative estimate of drug-likeness (QED) is 0.258. The molecule has 1 saturated heterocycles. The minimum atomic E-state index is -4.71. The molecule has 0 radical (unpaired) electrons. The number of carboxylic acids is 1. The van der Waals surface area contributed by atoms with Crippen LogP contribution in [0.3, 0.4) is 0 Å². The summed E-state index contributed by atoms with van der Waals surface area (Å²) in [5.41, 5.74) is -0.995. The maximum atomic E-state index is 13.8.